The van der Waals surface area contributed by atoms with Crippen molar-refractivity contribution in [2.24, 2.45) is 11.7 Å². The smallest absolute Gasteiger partial charge is 0.324 e. The molecule has 34 heavy (non-hydrogen) atoms. The summed E-state index contributed by atoms with van der Waals surface area (Å²) in [7, 11) is 1.86. The first-order valence-corrected chi connectivity index (χ1v) is 12.4. The van der Waals surface area contributed by atoms with Crippen molar-refractivity contribution >= 4 is 23.3 Å². The molecule has 2 heterocycles. The van der Waals surface area contributed by atoms with E-state index in [0.29, 0.717) is 24.7 Å². The Balaban J connectivity index is 1.25. The number of anilines is 2. The summed E-state index contributed by atoms with van der Waals surface area (Å²) in [6.45, 7) is 7.08. The molecule has 0 saturated carbocycles. The third-order valence-electron chi connectivity index (χ3n) is 7.06. The van der Waals surface area contributed by atoms with Crippen LogP contribution in [-0.4, -0.2) is 61.0 Å². The zero-order valence-corrected chi connectivity index (χ0v) is 20.4. The molecule has 2 saturated heterocycles. The molecular weight excluding hydrogens is 426 g/mol. The fourth-order valence-electron chi connectivity index (χ4n) is 5.02. The molecule has 182 valence electrons. The molecule has 2 fully saturated rings. The van der Waals surface area contributed by atoms with Crippen LogP contribution in [0.15, 0.2) is 48.5 Å². The first-order chi connectivity index (χ1) is 16.4. The molecule has 3 N–H and O–H groups in total. The number of urea groups is 1. The third kappa shape index (κ3) is 6.08. The van der Waals surface area contributed by atoms with Crippen molar-refractivity contribution in [1.29, 1.82) is 0 Å². The molecule has 0 spiro atoms. The van der Waals surface area contributed by atoms with Crippen LogP contribution < -0.4 is 16.0 Å². The van der Waals surface area contributed by atoms with E-state index >= 15 is 0 Å². The van der Waals surface area contributed by atoms with Gasteiger partial charge in [-0.15, -0.1) is 0 Å². The summed E-state index contributed by atoms with van der Waals surface area (Å²) in [6.07, 6.45) is 4.37. The summed E-state index contributed by atoms with van der Waals surface area (Å²) < 4.78 is 0. The Hall–Kier alpha value is -3.06. The summed E-state index contributed by atoms with van der Waals surface area (Å²) >= 11 is 0. The van der Waals surface area contributed by atoms with E-state index in [1.54, 1.807) is 17.0 Å². The molecule has 7 heteroatoms. The molecule has 2 aliphatic heterocycles. The molecule has 1 atom stereocenters. The largest absolute Gasteiger partial charge is 0.382 e. The van der Waals surface area contributed by atoms with Crippen molar-refractivity contribution in [3.05, 3.63) is 59.7 Å². The van der Waals surface area contributed by atoms with Gasteiger partial charge in [-0.25, -0.2) is 4.79 Å². The number of piperidine rings is 2. The lowest BCUT2D eigenvalue weighted by molar-refractivity contribution is 0.100. The van der Waals surface area contributed by atoms with Crippen LogP contribution in [0.1, 0.15) is 48.5 Å². The second-order valence-corrected chi connectivity index (χ2v) is 9.84. The van der Waals surface area contributed by atoms with Gasteiger partial charge in [-0.3, -0.25) is 14.6 Å². The molecule has 2 aromatic rings. The van der Waals surface area contributed by atoms with E-state index in [1.807, 2.05) is 24.1 Å². The van der Waals surface area contributed by atoms with E-state index in [1.165, 1.54) is 31.5 Å². The Labute approximate surface area is 202 Å². The first kappa shape index (κ1) is 24.1. The highest BCUT2D eigenvalue weighted by molar-refractivity contribution is 5.93. The normalized spacial score (nSPS) is 19.6. The molecular formula is C27H37N5O2. The standard InChI is InChI=1S/C27H37N5O2/c1-20-4-3-15-31(18-20)19-21-5-11-25(12-6-21)30(2)27(34)32-16-13-24(14-17-32)29-23-9-7-22(8-10-23)26(28)33/h5-12,20,24,29H,3-4,13-19H2,1-2H3,(H2,28,33)/t20-/m1/s1. The van der Waals surface area contributed by atoms with Crippen LogP contribution in [0.2, 0.25) is 0 Å². The number of nitrogens with zero attached hydrogens (tertiary/aromatic N) is 3. The number of carbonyl (C=O) groups is 2. The van der Waals surface area contributed by atoms with E-state index < -0.39 is 5.91 Å². The van der Waals surface area contributed by atoms with Gasteiger partial charge in [-0.2, -0.15) is 0 Å². The zero-order chi connectivity index (χ0) is 24.1. The number of benzene rings is 2. The maximum Gasteiger partial charge on any atom is 0.324 e. The van der Waals surface area contributed by atoms with Gasteiger partial charge in [0, 0.05) is 56.2 Å². The van der Waals surface area contributed by atoms with Crippen molar-refractivity contribution in [2.45, 2.75) is 45.2 Å². The summed E-state index contributed by atoms with van der Waals surface area (Å²) in [5.74, 6) is 0.354. The lowest BCUT2D eigenvalue weighted by Crippen LogP contribution is -2.47. The Morgan fingerprint density at radius 3 is 2.29 bits per heavy atom. The minimum Gasteiger partial charge on any atom is -0.382 e. The van der Waals surface area contributed by atoms with Gasteiger partial charge in [0.1, 0.15) is 0 Å². The number of hydrogen-bond acceptors (Lipinski definition) is 4. The van der Waals surface area contributed by atoms with Crippen molar-refractivity contribution in [2.75, 3.05) is 43.4 Å². The monoisotopic (exact) mass is 463 g/mol. The molecule has 0 aliphatic carbocycles. The van der Waals surface area contributed by atoms with Crippen LogP contribution in [0.25, 0.3) is 0 Å². The summed E-state index contributed by atoms with van der Waals surface area (Å²) in [4.78, 5) is 30.5. The number of nitrogens with one attached hydrogen (secondary N) is 1. The Morgan fingerprint density at radius 1 is 1.00 bits per heavy atom. The Morgan fingerprint density at radius 2 is 1.68 bits per heavy atom. The molecule has 0 bridgehead atoms. The van der Waals surface area contributed by atoms with Crippen LogP contribution in [0.4, 0.5) is 16.2 Å². The fourth-order valence-corrected chi connectivity index (χ4v) is 5.02. The van der Waals surface area contributed by atoms with E-state index in [-0.39, 0.29) is 6.03 Å². The maximum absolute atomic E-state index is 13.1. The predicted molar refractivity (Wildman–Crippen MR) is 137 cm³/mol. The maximum atomic E-state index is 13.1. The quantitative estimate of drug-likeness (QED) is 0.674. The summed E-state index contributed by atoms with van der Waals surface area (Å²) in [6, 6.07) is 16.0. The van der Waals surface area contributed by atoms with Gasteiger partial charge in [0.25, 0.3) is 0 Å². The molecule has 2 aromatic carbocycles. The Bertz CT molecular complexity index is 968. The van der Waals surface area contributed by atoms with Crippen molar-refractivity contribution in [3.8, 4) is 0 Å². The minimum absolute atomic E-state index is 0.0434. The van der Waals surface area contributed by atoms with E-state index in [0.717, 1.165) is 36.7 Å². The van der Waals surface area contributed by atoms with Gasteiger partial charge < -0.3 is 16.0 Å². The second kappa shape index (κ2) is 10.9. The van der Waals surface area contributed by atoms with Gasteiger partial charge in [0.05, 0.1) is 0 Å². The number of likely N-dealkylation sites (tertiary alicyclic amines) is 2. The van der Waals surface area contributed by atoms with Crippen molar-refractivity contribution in [3.63, 3.8) is 0 Å². The molecule has 0 aromatic heterocycles. The van der Waals surface area contributed by atoms with Crippen LogP contribution >= 0.6 is 0 Å². The number of amides is 3. The number of rotatable bonds is 6. The molecule has 7 nitrogen and oxygen atoms in total. The summed E-state index contributed by atoms with van der Waals surface area (Å²) in [5, 5.41) is 3.50. The number of carbonyl (C=O) groups excluding carboxylic acids is 2. The van der Waals surface area contributed by atoms with Crippen LogP contribution in [0.3, 0.4) is 0 Å². The SMILES string of the molecule is C[C@@H]1CCCN(Cc2ccc(N(C)C(=O)N3CCC(Nc4ccc(C(N)=O)cc4)CC3)cc2)C1. The van der Waals surface area contributed by atoms with Gasteiger partial charge >= 0.3 is 6.03 Å². The second-order valence-electron chi connectivity index (χ2n) is 9.84. The molecule has 0 radical (unpaired) electrons. The van der Waals surface area contributed by atoms with E-state index in [9.17, 15) is 9.59 Å². The molecule has 2 aliphatic rings. The number of hydrogen-bond donors (Lipinski definition) is 2. The zero-order valence-electron chi connectivity index (χ0n) is 20.4. The molecule has 0 unspecified atom stereocenters. The van der Waals surface area contributed by atoms with Gasteiger partial charge in [-0.05, 0) is 80.1 Å². The molecule has 3 amide bonds. The first-order valence-electron chi connectivity index (χ1n) is 12.4. The van der Waals surface area contributed by atoms with Crippen LogP contribution in [-0.2, 0) is 6.54 Å². The Kier molecular flexibility index (Phi) is 7.73. The average Bonchev–Trinajstić information content (AvgIpc) is 2.84. The van der Waals surface area contributed by atoms with Gasteiger partial charge in [0.15, 0.2) is 0 Å². The topological polar surface area (TPSA) is 81.9 Å². The van der Waals surface area contributed by atoms with Gasteiger partial charge in [0.2, 0.25) is 5.91 Å². The van der Waals surface area contributed by atoms with Gasteiger partial charge in [-0.1, -0.05) is 19.1 Å². The van der Waals surface area contributed by atoms with Crippen molar-refractivity contribution < 1.29 is 9.59 Å². The number of primary amides is 1. The lowest BCUT2D eigenvalue weighted by atomic mass is 10.00. The predicted octanol–water partition coefficient (Wildman–Crippen LogP) is 4.15. The highest BCUT2D eigenvalue weighted by Gasteiger charge is 2.25. The van der Waals surface area contributed by atoms with Crippen LogP contribution in [0, 0.1) is 5.92 Å². The third-order valence-corrected chi connectivity index (χ3v) is 7.06. The van der Waals surface area contributed by atoms with Crippen LogP contribution in [0.5, 0.6) is 0 Å². The molecule has 4 rings (SSSR count). The average molecular weight is 464 g/mol. The highest BCUT2D eigenvalue weighted by Crippen LogP contribution is 2.22. The van der Waals surface area contributed by atoms with E-state index in [2.05, 4.69) is 41.4 Å². The lowest BCUT2D eigenvalue weighted by Gasteiger charge is -2.35. The number of nitrogens with two attached hydrogens (primary N) is 1. The van der Waals surface area contributed by atoms with E-state index in [4.69, 9.17) is 5.73 Å². The fraction of sp³-hybridized carbons (Fsp3) is 0.481. The highest BCUT2D eigenvalue weighted by atomic mass is 16.2. The summed E-state index contributed by atoms with van der Waals surface area (Å²) in [5.41, 5.74) is 9.00. The minimum atomic E-state index is -0.422. The van der Waals surface area contributed by atoms with Crippen molar-refractivity contribution in [1.82, 2.24) is 9.80 Å².